The van der Waals surface area contributed by atoms with Gasteiger partial charge in [0.05, 0.1) is 0 Å². The number of hydrogen-bond acceptors (Lipinski definition) is 2. The summed E-state index contributed by atoms with van der Waals surface area (Å²) >= 11 is 0. The summed E-state index contributed by atoms with van der Waals surface area (Å²) in [7, 11) is 0. The first-order valence-electron chi connectivity index (χ1n) is 6.44. The molecule has 0 aromatic rings. The van der Waals surface area contributed by atoms with E-state index < -0.39 is 0 Å². The number of hydrogen-bond donors (Lipinski definition) is 1. The smallest absolute Gasteiger partial charge is 0.287 e. The number of Topliss-reactive ketones (excluding diaryl/α,β-unsaturated/α-hetero) is 1. The highest BCUT2D eigenvalue weighted by molar-refractivity contribution is 6.37. The molecule has 2 unspecified atom stereocenters. The highest BCUT2D eigenvalue weighted by Gasteiger charge is 2.32. The lowest BCUT2D eigenvalue weighted by Crippen LogP contribution is -2.38. The van der Waals surface area contributed by atoms with Gasteiger partial charge in [0.25, 0.3) is 5.91 Å². The molecule has 92 valence electrons. The zero-order valence-electron chi connectivity index (χ0n) is 10.6. The van der Waals surface area contributed by atoms with E-state index in [4.69, 9.17) is 0 Å². The molecule has 0 radical (unpaired) electrons. The van der Waals surface area contributed by atoms with Crippen LogP contribution in [0.15, 0.2) is 0 Å². The van der Waals surface area contributed by atoms with Gasteiger partial charge in [0.1, 0.15) is 0 Å². The average Bonchev–Trinajstić information content (AvgIpc) is 3.07. The molecule has 16 heavy (non-hydrogen) atoms. The number of amides is 1. The molecule has 0 aromatic heterocycles. The summed E-state index contributed by atoms with van der Waals surface area (Å²) in [4.78, 5) is 23.7. The minimum Gasteiger partial charge on any atom is -0.347 e. The van der Waals surface area contributed by atoms with Gasteiger partial charge in [0, 0.05) is 12.0 Å². The quantitative estimate of drug-likeness (QED) is 0.676. The molecule has 3 heteroatoms. The highest BCUT2D eigenvalue weighted by Crippen LogP contribution is 2.23. The molecule has 2 atom stereocenters. The predicted octanol–water partition coefficient (Wildman–Crippen LogP) is 2.30. The average molecular weight is 225 g/mol. The fraction of sp³-hybridized carbons (Fsp3) is 0.846. The molecular weight excluding hydrogens is 202 g/mol. The van der Waals surface area contributed by atoms with Crippen molar-refractivity contribution in [2.24, 2.45) is 11.8 Å². The predicted molar refractivity (Wildman–Crippen MR) is 64.0 cm³/mol. The molecule has 0 bridgehead atoms. The Bertz CT molecular complexity index is 259. The molecule has 0 heterocycles. The van der Waals surface area contributed by atoms with Crippen LogP contribution in [0, 0.1) is 11.8 Å². The topological polar surface area (TPSA) is 46.2 Å². The number of rotatable bonds is 7. The van der Waals surface area contributed by atoms with Crippen LogP contribution in [0.2, 0.25) is 0 Å². The van der Waals surface area contributed by atoms with Gasteiger partial charge in [-0.1, -0.05) is 33.6 Å². The second kappa shape index (κ2) is 6.02. The molecule has 0 spiro atoms. The third kappa shape index (κ3) is 3.62. The van der Waals surface area contributed by atoms with Gasteiger partial charge in [-0.15, -0.1) is 0 Å². The van der Waals surface area contributed by atoms with E-state index in [2.05, 4.69) is 26.1 Å². The van der Waals surface area contributed by atoms with Gasteiger partial charge in [-0.25, -0.2) is 0 Å². The van der Waals surface area contributed by atoms with Crippen molar-refractivity contribution in [1.82, 2.24) is 5.32 Å². The number of carbonyl (C=O) groups is 2. The zero-order chi connectivity index (χ0) is 12.1. The molecule has 1 aliphatic carbocycles. The number of carbonyl (C=O) groups excluding carboxylic acids is 2. The lowest BCUT2D eigenvalue weighted by molar-refractivity contribution is -0.141. The summed E-state index contributed by atoms with van der Waals surface area (Å²) in [5.41, 5.74) is 0. The van der Waals surface area contributed by atoms with Crippen molar-refractivity contribution in [3.8, 4) is 0 Å². The van der Waals surface area contributed by atoms with E-state index in [9.17, 15) is 9.59 Å². The van der Waals surface area contributed by atoms with Crippen molar-refractivity contribution in [3.63, 3.8) is 0 Å². The highest BCUT2D eigenvalue weighted by atomic mass is 16.2. The van der Waals surface area contributed by atoms with Crippen molar-refractivity contribution in [2.45, 2.75) is 58.9 Å². The molecule has 1 N–H and O–H groups in total. The van der Waals surface area contributed by atoms with E-state index in [1.807, 2.05) is 0 Å². The van der Waals surface area contributed by atoms with E-state index in [1.54, 1.807) is 0 Å². The maximum Gasteiger partial charge on any atom is 0.287 e. The van der Waals surface area contributed by atoms with Crippen LogP contribution in [-0.2, 0) is 9.59 Å². The summed E-state index contributed by atoms with van der Waals surface area (Å²) in [6.07, 6.45) is 4.79. The van der Waals surface area contributed by atoms with E-state index >= 15 is 0 Å². The van der Waals surface area contributed by atoms with Gasteiger partial charge in [0.2, 0.25) is 5.78 Å². The van der Waals surface area contributed by atoms with E-state index in [-0.39, 0.29) is 23.7 Å². The fourth-order valence-corrected chi connectivity index (χ4v) is 1.92. The van der Waals surface area contributed by atoms with Crippen molar-refractivity contribution in [2.75, 3.05) is 0 Å². The SMILES string of the molecule is CCCC(C(=O)C(=O)NC1CC1)C(C)CC. The third-order valence-electron chi connectivity index (χ3n) is 3.40. The monoisotopic (exact) mass is 225 g/mol. The third-order valence-corrected chi connectivity index (χ3v) is 3.40. The normalized spacial score (nSPS) is 18.9. The molecule has 1 amide bonds. The molecule has 3 nitrogen and oxygen atoms in total. The van der Waals surface area contributed by atoms with Crippen molar-refractivity contribution in [3.05, 3.63) is 0 Å². The van der Waals surface area contributed by atoms with Gasteiger partial charge in [0.15, 0.2) is 0 Å². The largest absolute Gasteiger partial charge is 0.347 e. The Morgan fingerprint density at radius 2 is 1.94 bits per heavy atom. The van der Waals surface area contributed by atoms with Gasteiger partial charge in [-0.05, 0) is 25.2 Å². The summed E-state index contributed by atoms with van der Waals surface area (Å²) in [5, 5.41) is 2.78. The fourth-order valence-electron chi connectivity index (χ4n) is 1.92. The Morgan fingerprint density at radius 1 is 1.31 bits per heavy atom. The summed E-state index contributed by atoms with van der Waals surface area (Å²) < 4.78 is 0. The van der Waals surface area contributed by atoms with Gasteiger partial charge >= 0.3 is 0 Å². The second-order valence-electron chi connectivity index (χ2n) is 4.89. The van der Waals surface area contributed by atoms with Crippen molar-refractivity contribution < 1.29 is 9.59 Å². The molecule has 1 rings (SSSR count). The molecule has 0 saturated heterocycles. The molecule has 0 aromatic carbocycles. The number of nitrogens with one attached hydrogen (secondary N) is 1. The Hall–Kier alpha value is -0.860. The summed E-state index contributed by atoms with van der Waals surface area (Å²) in [6.45, 7) is 6.18. The molecule has 0 aliphatic heterocycles. The zero-order valence-corrected chi connectivity index (χ0v) is 10.6. The van der Waals surface area contributed by atoms with Crippen LogP contribution >= 0.6 is 0 Å². The van der Waals surface area contributed by atoms with Gasteiger partial charge in [-0.3, -0.25) is 9.59 Å². The number of ketones is 1. The van der Waals surface area contributed by atoms with Gasteiger partial charge in [-0.2, -0.15) is 0 Å². The summed E-state index contributed by atoms with van der Waals surface area (Å²) in [6, 6.07) is 0.274. The minimum atomic E-state index is -0.360. The van der Waals surface area contributed by atoms with Crippen LogP contribution in [0.3, 0.4) is 0 Å². The Balaban J connectivity index is 2.53. The van der Waals surface area contributed by atoms with Crippen LogP contribution < -0.4 is 5.32 Å². The lowest BCUT2D eigenvalue weighted by Gasteiger charge is -2.20. The lowest BCUT2D eigenvalue weighted by atomic mass is 9.84. The first-order valence-corrected chi connectivity index (χ1v) is 6.44. The second-order valence-corrected chi connectivity index (χ2v) is 4.89. The van der Waals surface area contributed by atoms with E-state index in [1.165, 1.54) is 0 Å². The molecular formula is C13H23NO2. The Morgan fingerprint density at radius 3 is 2.38 bits per heavy atom. The van der Waals surface area contributed by atoms with Crippen LogP contribution in [0.5, 0.6) is 0 Å². The maximum atomic E-state index is 12.0. The van der Waals surface area contributed by atoms with Crippen molar-refractivity contribution >= 4 is 11.7 Å². The van der Waals surface area contributed by atoms with Crippen molar-refractivity contribution in [1.29, 1.82) is 0 Å². The molecule has 1 aliphatic rings. The van der Waals surface area contributed by atoms with Crippen LogP contribution in [0.25, 0.3) is 0 Å². The first kappa shape index (κ1) is 13.2. The minimum absolute atomic E-state index is 0.0891. The Labute approximate surface area is 98.0 Å². The van der Waals surface area contributed by atoms with Crippen LogP contribution in [0.1, 0.15) is 52.9 Å². The van der Waals surface area contributed by atoms with Crippen LogP contribution in [-0.4, -0.2) is 17.7 Å². The molecule has 1 fully saturated rings. The standard InChI is InChI=1S/C13H23NO2/c1-4-6-11(9(3)5-2)12(15)13(16)14-10-7-8-10/h9-11H,4-8H2,1-3H3,(H,14,16). The van der Waals surface area contributed by atoms with E-state index in [0.717, 1.165) is 32.1 Å². The summed E-state index contributed by atoms with van der Waals surface area (Å²) in [5.74, 6) is -0.351. The van der Waals surface area contributed by atoms with Crippen LogP contribution in [0.4, 0.5) is 0 Å². The van der Waals surface area contributed by atoms with Gasteiger partial charge < -0.3 is 5.32 Å². The Kier molecular flexibility index (Phi) is 4.97. The molecule has 1 saturated carbocycles. The maximum absolute atomic E-state index is 12.0. The van der Waals surface area contributed by atoms with E-state index in [0.29, 0.717) is 5.92 Å². The first-order chi connectivity index (χ1) is 7.60.